The smallest absolute Gasteiger partial charge is 0.407 e. The van der Waals surface area contributed by atoms with Gasteiger partial charge in [0, 0.05) is 24.7 Å². The topological polar surface area (TPSA) is 94.1 Å². The summed E-state index contributed by atoms with van der Waals surface area (Å²) in [6.07, 6.45) is -1.43. The fourth-order valence-corrected chi connectivity index (χ4v) is 4.64. The zero-order valence-corrected chi connectivity index (χ0v) is 20.5. The van der Waals surface area contributed by atoms with Crippen LogP contribution in [0.4, 0.5) is 4.79 Å². The summed E-state index contributed by atoms with van der Waals surface area (Å²) in [7, 11) is 0. The molecule has 3 aromatic carbocycles. The molecule has 1 aliphatic rings. The number of fused-ring (bicyclic) bond motifs is 3. The number of carboxylic acid groups (broad SMARTS) is 1. The maximum Gasteiger partial charge on any atom is 0.407 e. The van der Waals surface area contributed by atoms with E-state index in [-0.39, 0.29) is 18.9 Å². The van der Waals surface area contributed by atoms with Gasteiger partial charge in [-0.2, -0.15) is 0 Å². The number of alkyl carbamates (subject to hydrolysis) is 1. The highest BCUT2D eigenvalue weighted by molar-refractivity contribution is 5.79. The maximum atomic E-state index is 12.8. The molecule has 0 aliphatic heterocycles. The third-order valence-corrected chi connectivity index (χ3v) is 6.26. The molecule has 3 aromatic rings. The van der Waals surface area contributed by atoms with Crippen molar-refractivity contribution in [3.63, 3.8) is 0 Å². The van der Waals surface area contributed by atoms with Crippen LogP contribution in [0.2, 0.25) is 0 Å². The third kappa shape index (κ3) is 5.75. The Bertz CT molecular complexity index is 1140. The molecule has 188 valence electrons. The molecule has 0 bridgehead atoms. The molecule has 7 heteroatoms. The molecule has 7 nitrogen and oxygen atoms in total. The Kier molecular flexibility index (Phi) is 8.36. The van der Waals surface area contributed by atoms with Gasteiger partial charge in [0.15, 0.2) is 6.29 Å². The highest BCUT2D eigenvalue weighted by Crippen LogP contribution is 2.44. The van der Waals surface area contributed by atoms with E-state index in [4.69, 9.17) is 14.2 Å². The van der Waals surface area contributed by atoms with E-state index < -0.39 is 24.4 Å². The summed E-state index contributed by atoms with van der Waals surface area (Å²) >= 11 is 0. The average molecular weight is 490 g/mol. The minimum Gasteiger partial charge on any atom is -0.481 e. The Labute approximate surface area is 211 Å². The zero-order chi connectivity index (χ0) is 25.5. The van der Waals surface area contributed by atoms with Crippen molar-refractivity contribution in [2.45, 2.75) is 38.5 Å². The molecule has 0 fully saturated rings. The van der Waals surface area contributed by atoms with Crippen LogP contribution in [0.5, 0.6) is 0 Å². The number of aliphatic carboxylic acids is 1. The van der Waals surface area contributed by atoms with Crippen molar-refractivity contribution in [3.05, 3.63) is 95.1 Å². The van der Waals surface area contributed by atoms with Gasteiger partial charge in [0.05, 0.1) is 12.5 Å². The van der Waals surface area contributed by atoms with Crippen LogP contribution in [0.1, 0.15) is 60.8 Å². The standard InChI is InChI=1S/C29H31NO6/c1-3-34-28(35-4-2)20-15-13-19(14-16-20)26(17-27(31)32)30-29(33)36-18-25-23-11-7-5-9-21(23)22-10-6-8-12-24(22)25/h5-16,25-26,28H,3-4,17-18H2,1-2H3,(H,30,33)(H,31,32). The fourth-order valence-electron chi connectivity index (χ4n) is 4.64. The van der Waals surface area contributed by atoms with Crippen LogP contribution in [0.25, 0.3) is 11.1 Å². The van der Waals surface area contributed by atoms with Crippen LogP contribution < -0.4 is 5.32 Å². The number of hydrogen-bond acceptors (Lipinski definition) is 5. The van der Waals surface area contributed by atoms with E-state index >= 15 is 0 Å². The van der Waals surface area contributed by atoms with Crippen molar-refractivity contribution in [2.24, 2.45) is 0 Å². The first-order valence-electron chi connectivity index (χ1n) is 12.2. The van der Waals surface area contributed by atoms with Crippen LogP contribution in [-0.4, -0.2) is 37.0 Å². The van der Waals surface area contributed by atoms with Crippen LogP contribution in [0.15, 0.2) is 72.8 Å². The Morgan fingerprint density at radius 2 is 1.36 bits per heavy atom. The lowest BCUT2D eigenvalue weighted by atomic mass is 9.98. The van der Waals surface area contributed by atoms with E-state index in [1.165, 1.54) is 0 Å². The predicted molar refractivity (Wildman–Crippen MR) is 136 cm³/mol. The summed E-state index contributed by atoms with van der Waals surface area (Å²) in [4.78, 5) is 24.3. The predicted octanol–water partition coefficient (Wildman–Crippen LogP) is 5.81. The second kappa shape index (κ2) is 11.8. The van der Waals surface area contributed by atoms with Gasteiger partial charge in [-0.3, -0.25) is 4.79 Å². The Morgan fingerprint density at radius 3 is 1.89 bits per heavy atom. The molecular formula is C29H31NO6. The molecule has 0 spiro atoms. The molecule has 0 heterocycles. The van der Waals surface area contributed by atoms with Crippen LogP contribution in [-0.2, 0) is 19.0 Å². The SMILES string of the molecule is CCOC(OCC)c1ccc(C(CC(=O)O)NC(=O)OCC2c3ccccc3-c3ccccc32)cc1. The Balaban J connectivity index is 1.44. The van der Waals surface area contributed by atoms with Crippen LogP contribution in [0.3, 0.4) is 0 Å². The molecule has 0 saturated carbocycles. The van der Waals surface area contributed by atoms with Gasteiger partial charge < -0.3 is 24.6 Å². The summed E-state index contributed by atoms with van der Waals surface area (Å²) in [5, 5.41) is 12.2. The van der Waals surface area contributed by atoms with Crippen molar-refractivity contribution in [2.75, 3.05) is 19.8 Å². The summed E-state index contributed by atoms with van der Waals surface area (Å²) in [5.41, 5.74) is 5.98. The molecule has 1 unspecified atom stereocenters. The zero-order valence-electron chi connectivity index (χ0n) is 20.5. The number of carbonyl (C=O) groups is 2. The van der Waals surface area contributed by atoms with Crippen molar-refractivity contribution in [1.82, 2.24) is 5.32 Å². The van der Waals surface area contributed by atoms with Crippen LogP contribution in [0, 0.1) is 0 Å². The summed E-state index contributed by atoms with van der Waals surface area (Å²) < 4.78 is 16.9. The minimum atomic E-state index is -1.02. The number of nitrogens with one attached hydrogen (secondary N) is 1. The Morgan fingerprint density at radius 1 is 0.833 bits per heavy atom. The van der Waals surface area contributed by atoms with E-state index in [1.807, 2.05) is 62.4 Å². The molecule has 0 aromatic heterocycles. The van der Waals surface area contributed by atoms with Crippen molar-refractivity contribution in [3.8, 4) is 11.1 Å². The van der Waals surface area contributed by atoms with Gasteiger partial charge in [0.25, 0.3) is 0 Å². The molecule has 0 saturated heterocycles. The highest BCUT2D eigenvalue weighted by Gasteiger charge is 2.29. The fraction of sp³-hybridized carbons (Fsp3) is 0.310. The molecule has 1 aliphatic carbocycles. The van der Waals surface area contributed by atoms with E-state index in [0.717, 1.165) is 27.8 Å². The van der Waals surface area contributed by atoms with Crippen LogP contribution >= 0.6 is 0 Å². The number of carboxylic acids is 1. The van der Waals surface area contributed by atoms with E-state index in [2.05, 4.69) is 17.4 Å². The largest absolute Gasteiger partial charge is 0.481 e. The second-order valence-electron chi connectivity index (χ2n) is 8.53. The van der Waals surface area contributed by atoms with Gasteiger partial charge in [0.2, 0.25) is 0 Å². The molecule has 2 N–H and O–H groups in total. The van der Waals surface area contributed by atoms with E-state index in [1.54, 1.807) is 12.1 Å². The summed E-state index contributed by atoms with van der Waals surface area (Å²) in [6, 6.07) is 22.6. The number of ether oxygens (including phenoxy) is 3. The monoisotopic (exact) mass is 489 g/mol. The van der Waals surface area contributed by atoms with Crippen molar-refractivity contribution >= 4 is 12.1 Å². The average Bonchev–Trinajstić information content (AvgIpc) is 3.20. The number of amides is 1. The number of carbonyl (C=O) groups excluding carboxylic acids is 1. The van der Waals surface area contributed by atoms with Gasteiger partial charge in [-0.1, -0.05) is 72.8 Å². The molecular weight excluding hydrogens is 458 g/mol. The third-order valence-electron chi connectivity index (χ3n) is 6.26. The summed E-state index contributed by atoms with van der Waals surface area (Å²) in [6.45, 7) is 4.93. The maximum absolute atomic E-state index is 12.8. The second-order valence-corrected chi connectivity index (χ2v) is 8.53. The molecule has 1 amide bonds. The first kappa shape index (κ1) is 25.4. The molecule has 1 atom stereocenters. The molecule has 0 radical (unpaired) electrons. The van der Waals surface area contributed by atoms with Gasteiger partial charge in [-0.25, -0.2) is 4.79 Å². The van der Waals surface area contributed by atoms with Gasteiger partial charge in [0.1, 0.15) is 6.61 Å². The number of rotatable bonds is 11. The quantitative estimate of drug-likeness (QED) is 0.330. The van der Waals surface area contributed by atoms with Crippen molar-refractivity contribution in [1.29, 1.82) is 0 Å². The lowest BCUT2D eigenvalue weighted by Crippen LogP contribution is -2.31. The van der Waals surface area contributed by atoms with Gasteiger partial charge in [-0.15, -0.1) is 0 Å². The van der Waals surface area contributed by atoms with Gasteiger partial charge >= 0.3 is 12.1 Å². The highest BCUT2D eigenvalue weighted by atomic mass is 16.7. The number of hydrogen-bond donors (Lipinski definition) is 2. The van der Waals surface area contributed by atoms with Crippen molar-refractivity contribution < 1.29 is 28.9 Å². The first-order valence-corrected chi connectivity index (χ1v) is 12.2. The van der Waals surface area contributed by atoms with E-state index in [0.29, 0.717) is 18.8 Å². The molecule has 36 heavy (non-hydrogen) atoms. The van der Waals surface area contributed by atoms with E-state index in [9.17, 15) is 14.7 Å². The first-order chi connectivity index (χ1) is 17.5. The minimum absolute atomic E-state index is 0.0746. The normalized spacial score (nSPS) is 13.2. The molecule has 4 rings (SSSR count). The lowest BCUT2D eigenvalue weighted by Gasteiger charge is -2.21. The summed E-state index contributed by atoms with van der Waals surface area (Å²) in [5.74, 6) is -1.10. The number of benzene rings is 3. The lowest BCUT2D eigenvalue weighted by molar-refractivity contribution is -0.140. The van der Waals surface area contributed by atoms with Gasteiger partial charge in [-0.05, 0) is 41.7 Å². The Hall–Kier alpha value is -3.68.